The number of aliphatic carboxylic acids is 1. The lowest BCUT2D eigenvalue weighted by Gasteiger charge is -2.16. The van der Waals surface area contributed by atoms with Crippen LogP contribution in [0, 0.1) is 0 Å². The minimum Gasteiger partial charge on any atom is -0.480 e. The second-order valence-electron chi connectivity index (χ2n) is 3.43. The lowest BCUT2D eigenvalue weighted by Crippen LogP contribution is -2.43. The number of rotatable bonds is 8. The number of carbonyl (C=O) groups is 3. The van der Waals surface area contributed by atoms with Crippen molar-refractivity contribution in [2.45, 2.75) is 12.5 Å². The van der Waals surface area contributed by atoms with Gasteiger partial charge in [-0.2, -0.15) is 0 Å². The number of carboxylic acids is 1. The molecular weight excluding hydrogens is 242 g/mol. The molecule has 9 nitrogen and oxygen atoms in total. The summed E-state index contributed by atoms with van der Waals surface area (Å²) in [4.78, 5) is 32.0. The number of hydrogen-bond acceptors (Lipinski definition) is 6. The van der Waals surface area contributed by atoms with E-state index in [2.05, 4.69) is 10.6 Å². The fourth-order valence-corrected chi connectivity index (χ4v) is 1.19. The van der Waals surface area contributed by atoms with Crippen LogP contribution in [0.5, 0.6) is 0 Å². The summed E-state index contributed by atoms with van der Waals surface area (Å²) >= 11 is 0. The monoisotopic (exact) mass is 259 g/mol. The van der Waals surface area contributed by atoms with Gasteiger partial charge in [0.05, 0.1) is 0 Å². The molecule has 0 saturated heterocycles. The molecule has 7 N–H and O–H groups in total. The molecule has 0 radical (unpaired) electrons. The molecule has 0 aliphatic heterocycles. The van der Waals surface area contributed by atoms with Crippen molar-refractivity contribution in [1.29, 1.82) is 0 Å². The number of nitrogens with zero attached hydrogens (tertiary/aromatic N) is 1. The van der Waals surface area contributed by atoms with Gasteiger partial charge in [0.2, 0.25) is 12.3 Å². The average Bonchev–Trinajstić information content (AvgIpc) is 2.25. The van der Waals surface area contributed by atoms with E-state index in [-0.39, 0.29) is 12.1 Å². The van der Waals surface area contributed by atoms with Crippen LogP contribution < -0.4 is 22.2 Å². The summed E-state index contributed by atoms with van der Waals surface area (Å²) in [6, 6.07) is -0.832. The van der Waals surface area contributed by atoms with Crippen LogP contribution >= 0.6 is 0 Å². The van der Waals surface area contributed by atoms with E-state index in [1.54, 1.807) is 0 Å². The molecule has 1 atom stereocenters. The van der Waals surface area contributed by atoms with E-state index in [1.807, 2.05) is 0 Å². The Balaban J connectivity index is 4.52. The van der Waals surface area contributed by atoms with Crippen molar-refractivity contribution in [2.75, 3.05) is 13.6 Å². The Hall–Kier alpha value is -2.29. The fourth-order valence-electron chi connectivity index (χ4n) is 1.19. The Kier molecular flexibility index (Phi) is 6.89. The Morgan fingerprint density at radius 3 is 2.56 bits per heavy atom. The molecule has 2 amide bonds. The van der Waals surface area contributed by atoms with Crippen molar-refractivity contribution in [2.24, 2.45) is 11.6 Å². The van der Waals surface area contributed by atoms with Crippen LogP contribution in [0.4, 0.5) is 0 Å². The largest absolute Gasteiger partial charge is 0.480 e. The number of carbonyl (C=O) groups excluding carboxylic acids is 2. The summed E-state index contributed by atoms with van der Waals surface area (Å²) in [5, 5.41) is 14.0. The van der Waals surface area contributed by atoms with Crippen molar-refractivity contribution in [3.05, 3.63) is 11.9 Å². The highest BCUT2D eigenvalue weighted by Gasteiger charge is 2.17. The van der Waals surface area contributed by atoms with Crippen molar-refractivity contribution in [3.63, 3.8) is 0 Å². The first-order chi connectivity index (χ1) is 8.40. The Morgan fingerprint density at radius 2 is 2.11 bits per heavy atom. The van der Waals surface area contributed by atoms with Crippen LogP contribution in [0.1, 0.15) is 6.42 Å². The highest BCUT2D eigenvalue weighted by molar-refractivity contribution is 5.83. The summed E-state index contributed by atoms with van der Waals surface area (Å²) in [5.41, 5.74) is 5.75. The highest BCUT2D eigenvalue weighted by atomic mass is 16.4. The number of nitrogens with two attached hydrogens (primary N) is 2. The zero-order valence-corrected chi connectivity index (χ0v) is 9.92. The molecule has 0 aromatic heterocycles. The van der Waals surface area contributed by atoms with Crippen LogP contribution in [0.25, 0.3) is 0 Å². The molecule has 102 valence electrons. The average molecular weight is 259 g/mol. The maximum absolute atomic E-state index is 11.3. The molecule has 0 aliphatic rings. The molecule has 0 heterocycles. The molecule has 0 aromatic rings. The van der Waals surface area contributed by atoms with E-state index in [9.17, 15) is 14.4 Å². The minimum absolute atomic E-state index is 0.0196. The Morgan fingerprint density at radius 1 is 1.50 bits per heavy atom. The van der Waals surface area contributed by atoms with Crippen LogP contribution in [-0.4, -0.2) is 48.0 Å². The van der Waals surface area contributed by atoms with E-state index in [0.29, 0.717) is 6.41 Å². The van der Waals surface area contributed by atoms with Crippen LogP contribution in [0.15, 0.2) is 11.9 Å². The molecule has 9 heteroatoms. The second kappa shape index (κ2) is 7.90. The maximum atomic E-state index is 11.3. The van der Waals surface area contributed by atoms with Gasteiger partial charge in [-0.25, -0.2) is 5.84 Å². The van der Waals surface area contributed by atoms with Gasteiger partial charge in [-0.3, -0.25) is 14.4 Å². The quantitative estimate of drug-likeness (QED) is 0.181. The number of nitrogens with one attached hydrogen (secondary N) is 2. The lowest BCUT2D eigenvalue weighted by molar-refractivity contribution is -0.137. The Labute approximate surface area is 104 Å². The van der Waals surface area contributed by atoms with Crippen LogP contribution in [0.3, 0.4) is 0 Å². The first-order valence-corrected chi connectivity index (χ1v) is 5.01. The topological polar surface area (TPSA) is 151 Å². The van der Waals surface area contributed by atoms with Gasteiger partial charge in [-0.05, 0) is 0 Å². The van der Waals surface area contributed by atoms with E-state index in [1.165, 1.54) is 13.2 Å². The highest BCUT2D eigenvalue weighted by Crippen LogP contribution is 2.00. The van der Waals surface area contributed by atoms with Gasteiger partial charge >= 0.3 is 5.97 Å². The zero-order valence-electron chi connectivity index (χ0n) is 9.92. The first kappa shape index (κ1) is 15.7. The molecule has 0 bridgehead atoms. The van der Waals surface area contributed by atoms with Gasteiger partial charge < -0.3 is 26.5 Å². The van der Waals surface area contributed by atoms with Crippen molar-refractivity contribution < 1.29 is 19.5 Å². The third-order valence-electron chi connectivity index (χ3n) is 1.92. The standard InChI is InChI=1S/C9H17N5O4/c1-12-9(18)7(13-5-15)2-6(10)3-14(11)4-8(16)17/h3,5,7H,2,4,10-11H2,1H3,(H,12,18)(H,13,15)(H,16,17)/b6-3-. The predicted octanol–water partition coefficient (Wildman–Crippen LogP) is -2.70. The molecule has 0 saturated carbocycles. The summed E-state index contributed by atoms with van der Waals surface area (Å²) in [6.45, 7) is -0.424. The zero-order chi connectivity index (χ0) is 14.1. The van der Waals surface area contributed by atoms with Gasteiger partial charge in [0, 0.05) is 25.4 Å². The molecule has 0 spiro atoms. The molecule has 1 unspecified atom stereocenters. The summed E-state index contributed by atoms with van der Waals surface area (Å²) in [6.07, 6.45) is 1.59. The Bertz CT molecular complexity index is 344. The minimum atomic E-state index is -1.12. The number of carboxylic acid groups (broad SMARTS) is 1. The lowest BCUT2D eigenvalue weighted by atomic mass is 10.1. The summed E-state index contributed by atoms with van der Waals surface area (Å²) in [7, 11) is 1.42. The maximum Gasteiger partial charge on any atom is 0.324 e. The predicted molar refractivity (Wildman–Crippen MR) is 62.5 cm³/mol. The third kappa shape index (κ3) is 6.33. The number of likely N-dealkylation sites (N-methyl/N-ethyl adjacent to an activating group) is 1. The van der Waals surface area contributed by atoms with Crippen molar-refractivity contribution >= 4 is 18.3 Å². The van der Waals surface area contributed by atoms with Crippen LogP contribution in [-0.2, 0) is 14.4 Å². The number of amides is 2. The summed E-state index contributed by atoms with van der Waals surface area (Å²) < 4.78 is 0. The second-order valence-corrected chi connectivity index (χ2v) is 3.43. The van der Waals surface area contributed by atoms with Crippen molar-refractivity contribution in [3.8, 4) is 0 Å². The third-order valence-corrected chi connectivity index (χ3v) is 1.92. The molecule has 0 rings (SSSR count). The van der Waals surface area contributed by atoms with E-state index in [4.69, 9.17) is 16.7 Å². The number of hydrazine groups is 1. The molecule has 0 fully saturated rings. The molecule has 18 heavy (non-hydrogen) atoms. The van der Waals surface area contributed by atoms with E-state index in [0.717, 1.165) is 5.01 Å². The van der Waals surface area contributed by atoms with Gasteiger partial charge in [0.15, 0.2) is 0 Å². The number of hydrogen-bond donors (Lipinski definition) is 5. The normalized spacial score (nSPS) is 12.4. The van der Waals surface area contributed by atoms with Crippen molar-refractivity contribution in [1.82, 2.24) is 15.6 Å². The van der Waals surface area contributed by atoms with E-state index < -0.39 is 24.5 Å². The first-order valence-electron chi connectivity index (χ1n) is 5.01. The van der Waals surface area contributed by atoms with Gasteiger partial charge in [0.25, 0.3) is 0 Å². The molecular formula is C9H17N5O4. The molecule has 0 aromatic carbocycles. The smallest absolute Gasteiger partial charge is 0.324 e. The van der Waals surface area contributed by atoms with Gasteiger partial charge in [-0.15, -0.1) is 0 Å². The van der Waals surface area contributed by atoms with E-state index >= 15 is 0 Å². The van der Waals surface area contributed by atoms with Gasteiger partial charge in [0.1, 0.15) is 12.6 Å². The van der Waals surface area contributed by atoms with Crippen LogP contribution in [0.2, 0.25) is 0 Å². The van der Waals surface area contributed by atoms with Gasteiger partial charge in [-0.1, -0.05) is 0 Å². The summed E-state index contributed by atoms with van der Waals surface area (Å²) in [5.74, 6) is 3.81. The fraction of sp³-hybridized carbons (Fsp3) is 0.444. The molecule has 0 aliphatic carbocycles. The SMILES string of the molecule is CNC(=O)C(C/C(N)=C/N(N)CC(=O)O)NC=O.